The highest BCUT2D eigenvalue weighted by atomic mass is 16.5. The minimum Gasteiger partial charge on any atom is -0.378 e. The number of imide groups is 1. The van der Waals surface area contributed by atoms with Crippen molar-refractivity contribution in [3.8, 4) is 0 Å². The quantitative estimate of drug-likeness (QED) is 0.763. The Bertz CT molecular complexity index is 885. The van der Waals surface area contributed by atoms with Gasteiger partial charge in [-0.3, -0.25) is 19.3 Å². The van der Waals surface area contributed by atoms with Gasteiger partial charge in [0, 0.05) is 37.4 Å². The zero-order valence-electron chi connectivity index (χ0n) is 16.1. The van der Waals surface area contributed by atoms with Crippen molar-refractivity contribution in [1.29, 1.82) is 0 Å². The third-order valence-electron chi connectivity index (χ3n) is 5.19. The minimum atomic E-state index is -0.287. The highest BCUT2D eigenvalue weighted by Gasteiger charge is 2.34. The van der Waals surface area contributed by atoms with Crippen LogP contribution >= 0.6 is 0 Å². The molecule has 1 N–H and O–H groups in total. The topological polar surface area (TPSA) is 79.0 Å². The van der Waals surface area contributed by atoms with Gasteiger partial charge in [-0.1, -0.05) is 12.1 Å². The van der Waals surface area contributed by atoms with E-state index in [-0.39, 0.29) is 30.7 Å². The van der Waals surface area contributed by atoms with Gasteiger partial charge in [0.2, 0.25) is 5.91 Å². The van der Waals surface area contributed by atoms with Crippen LogP contribution in [0.4, 0.5) is 11.4 Å². The first-order valence-corrected chi connectivity index (χ1v) is 9.81. The predicted octanol–water partition coefficient (Wildman–Crippen LogP) is 2.54. The minimum absolute atomic E-state index is 0.138. The molecule has 7 heteroatoms. The van der Waals surface area contributed by atoms with Crippen molar-refractivity contribution in [1.82, 2.24) is 4.90 Å². The number of anilines is 2. The summed E-state index contributed by atoms with van der Waals surface area (Å²) in [6, 6.07) is 14.5. The Labute approximate surface area is 169 Å². The maximum Gasteiger partial charge on any atom is 0.261 e. The van der Waals surface area contributed by atoms with Crippen molar-refractivity contribution in [2.45, 2.75) is 12.8 Å². The molecular formula is C22H23N3O4. The van der Waals surface area contributed by atoms with Gasteiger partial charge in [0.05, 0.1) is 24.3 Å². The molecule has 4 rings (SSSR count). The fourth-order valence-corrected chi connectivity index (χ4v) is 3.64. The van der Waals surface area contributed by atoms with Gasteiger partial charge in [0.25, 0.3) is 11.8 Å². The molecule has 150 valence electrons. The summed E-state index contributed by atoms with van der Waals surface area (Å²) < 4.78 is 5.36. The third-order valence-corrected chi connectivity index (χ3v) is 5.19. The Kier molecular flexibility index (Phi) is 5.57. The van der Waals surface area contributed by atoms with Gasteiger partial charge >= 0.3 is 0 Å². The Balaban J connectivity index is 1.25. The summed E-state index contributed by atoms with van der Waals surface area (Å²) in [5.74, 6) is -0.713. The van der Waals surface area contributed by atoms with Gasteiger partial charge in [-0.25, -0.2) is 0 Å². The molecule has 2 aliphatic rings. The zero-order valence-corrected chi connectivity index (χ0v) is 16.1. The molecule has 0 aliphatic carbocycles. The predicted molar refractivity (Wildman–Crippen MR) is 109 cm³/mol. The van der Waals surface area contributed by atoms with Crippen LogP contribution in [-0.2, 0) is 9.53 Å². The molecule has 1 saturated heterocycles. The average Bonchev–Trinajstić information content (AvgIpc) is 3.00. The molecule has 7 nitrogen and oxygen atoms in total. The summed E-state index contributed by atoms with van der Waals surface area (Å²) in [6.45, 7) is 3.42. The first-order valence-electron chi connectivity index (χ1n) is 9.81. The van der Waals surface area contributed by atoms with Gasteiger partial charge < -0.3 is 15.0 Å². The molecule has 2 aliphatic heterocycles. The second-order valence-electron chi connectivity index (χ2n) is 7.11. The monoisotopic (exact) mass is 393 g/mol. The van der Waals surface area contributed by atoms with E-state index in [9.17, 15) is 14.4 Å². The van der Waals surface area contributed by atoms with Crippen molar-refractivity contribution < 1.29 is 19.1 Å². The van der Waals surface area contributed by atoms with Crippen LogP contribution < -0.4 is 10.2 Å². The summed E-state index contributed by atoms with van der Waals surface area (Å²) in [6.07, 6.45) is 0.655. The van der Waals surface area contributed by atoms with E-state index in [1.54, 1.807) is 24.3 Å². The molecule has 0 saturated carbocycles. The van der Waals surface area contributed by atoms with Crippen molar-refractivity contribution in [2.75, 3.05) is 43.1 Å². The Morgan fingerprint density at radius 1 is 0.931 bits per heavy atom. The Morgan fingerprint density at radius 3 is 2.17 bits per heavy atom. The number of rotatable bonds is 6. The Hall–Kier alpha value is -3.19. The summed E-state index contributed by atoms with van der Waals surface area (Å²) in [5, 5.41) is 2.87. The molecule has 2 aromatic carbocycles. The van der Waals surface area contributed by atoms with Gasteiger partial charge in [0.15, 0.2) is 0 Å². The number of amides is 3. The normalized spacial score (nSPS) is 16.1. The lowest BCUT2D eigenvalue weighted by molar-refractivity contribution is -0.116. The summed E-state index contributed by atoms with van der Waals surface area (Å²) in [5.41, 5.74) is 2.70. The molecular weight excluding hydrogens is 370 g/mol. The molecule has 2 aromatic rings. The summed E-state index contributed by atoms with van der Waals surface area (Å²) >= 11 is 0. The van der Waals surface area contributed by atoms with Crippen LogP contribution in [-0.4, -0.2) is 55.5 Å². The number of hydrogen-bond acceptors (Lipinski definition) is 5. The third kappa shape index (κ3) is 4.14. The smallest absolute Gasteiger partial charge is 0.261 e. The number of benzene rings is 2. The van der Waals surface area contributed by atoms with Crippen LogP contribution in [0.2, 0.25) is 0 Å². The van der Waals surface area contributed by atoms with Gasteiger partial charge in [0.1, 0.15) is 0 Å². The van der Waals surface area contributed by atoms with Crippen LogP contribution in [0.25, 0.3) is 0 Å². The van der Waals surface area contributed by atoms with Crippen LogP contribution in [0.3, 0.4) is 0 Å². The van der Waals surface area contributed by atoms with Crippen LogP contribution in [0.15, 0.2) is 48.5 Å². The molecule has 3 amide bonds. The standard InChI is InChI=1S/C22H23N3O4/c26-20(23-16-7-9-17(10-8-16)24-12-14-29-15-13-24)6-3-11-25-21(27)18-4-1-2-5-19(18)22(25)28/h1-2,4-5,7-10H,3,6,11-15H2,(H,23,26). The fourth-order valence-electron chi connectivity index (χ4n) is 3.64. The number of ether oxygens (including phenoxy) is 1. The van der Waals surface area contributed by atoms with Gasteiger partial charge in [-0.2, -0.15) is 0 Å². The van der Waals surface area contributed by atoms with Crippen LogP contribution in [0.1, 0.15) is 33.6 Å². The number of nitrogens with zero attached hydrogens (tertiary/aromatic N) is 2. The van der Waals surface area contributed by atoms with E-state index in [0.717, 1.165) is 37.7 Å². The highest BCUT2D eigenvalue weighted by Crippen LogP contribution is 2.23. The van der Waals surface area contributed by atoms with E-state index in [1.165, 1.54) is 4.90 Å². The van der Waals surface area contributed by atoms with Crippen LogP contribution in [0, 0.1) is 0 Å². The van der Waals surface area contributed by atoms with E-state index in [4.69, 9.17) is 4.74 Å². The number of nitrogens with one attached hydrogen (secondary N) is 1. The number of carbonyl (C=O) groups is 3. The Morgan fingerprint density at radius 2 is 1.55 bits per heavy atom. The maximum absolute atomic E-state index is 12.3. The molecule has 29 heavy (non-hydrogen) atoms. The highest BCUT2D eigenvalue weighted by molar-refractivity contribution is 6.21. The molecule has 0 spiro atoms. The number of hydrogen-bond donors (Lipinski definition) is 1. The molecule has 0 unspecified atom stereocenters. The van der Waals surface area contributed by atoms with Crippen molar-refractivity contribution >= 4 is 29.1 Å². The second-order valence-corrected chi connectivity index (χ2v) is 7.11. The lowest BCUT2D eigenvalue weighted by Gasteiger charge is -2.28. The number of carbonyl (C=O) groups excluding carboxylic acids is 3. The largest absolute Gasteiger partial charge is 0.378 e. The SMILES string of the molecule is O=C(CCCN1C(=O)c2ccccc2C1=O)Nc1ccc(N2CCOCC2)cc1. The molecule has 0 atom stereocenters. The first kappa shape index (κ1) is 19.1. The van der Waals surface area contributed by atoms with Gasteiger partial charge in [-0.15, -0.1) is 0 Å². The number of morpholine rings is 1. The van der Waals surface area contributed by atoms with Crippen LogP contribution in [0.5, 0.6) is 0 Å². The van der Waals surface area contributed by atoms with Crippen molar-refractivity contribution in [3.63, 3.8) is 0 Å². The fraction of sp³-hybridized carbons (Fsp3) is 0.318. The van der Waals surface area contributed by atoms with E-state index < -0.39 is 0 Å². The molecule has 0 bridgehead atoms. The molecule has 2 heterocycles. The van der Waals surface area contributed by atoms with Crippen molar-refractivity contribution in [2.24, 2.45) is 0 Å². The molecule has 0 aromatic heterocycles. The maximum atomic E-state index is 12.3. The lowest BCUT2D eigenvalue weighted by atomic mass is 10.1. The van der Waals surface area contributed by atoms with Crippen molar-refractivity contribution in [3.05, 3.63) is 59.7 Å². The lowest BCUT2D eigenvalue weighted by Crippen LogP contribution is -2.36. The summed E-state index contributed by atoms with van der Waals surface area (Å²) in [7, 11) is 0. The van der Waals surface area contributed by atoms with E-state index in [2.05, 4.69) is 10.2 Å². The van der Waals surface area contributed by atoms with E-state index in [0.29, 0.717) is 17.5 Å². The average molecular weight is 393 g/mol. The first-order chi connectivity index (χ1) is 14.1. The van der Waals surface area contributed by atoms with E-state index in [1.807, 2.05) is 24.3 Å². The number of fused-ring (bicyclic) bond motifs is 1. The summed E-state index contributed by atoms with van der Waals surface area (Å²) in [4.78, 5) is 40.4. The molecule has 1 fully saturated rings. The second kappa shape index (κ2) is 8.45. The zero-order chi connectivity index (χ0) is 20.2. The molecule has 0 radical (unpaired) electrons. The van der Waals surface area contributed by atoms with Gasteiger partial charge in [-0.05, 0) is 42.8 Å². The van der Waals surface area contributed by atoms with E-state index >= 15 is 0 Å².